The molecule has 0 fully saturated rings. The van der Waals surface area contributed by atoms with Gasteiger partial charge in [0.25, 0.3) is 0 Å². The summed E-state index contributed by atoms with van der Waals surface area (Å²) in [6.07, 6.45) is -1.64. The van der Waals surface area contributed by atoms with E-state index in [-0.39, 0.29) is 40.5 Å². The van der Waals surface area contributed by atoms with Crippen LogP contribution in [-0.2, 0) is 5.60 Å². The molecular weight excluding hydrogens is 468 g/mol. The van der Waals surface area contributed by atoms with E-state index in [9.17, 15) is 23.4 Å². The molecule has 1 aromatic carbocycles. The number of aromatic nitrogens is 4. The number of ether oxygens (including phenoxy) is 1. The molecule has 0 aliphatic heterocycles. The Kier molecular flexibility index (Phi) is 5.29. The summed E-state index contributed by atoms with van der Waals surface area (Å²) in [4.78, 5) is 12.6. The molecule has 11 heteroatoms. The van der Waals surface area contributed by atoms with Crippen LogP contribution < -0.4 is 4.74 Å². The lowest BCUT2D eigenvalue weighted by atomic mass is 9.95. The molecule has 0 unspecified atom stereocenters. The minimum absolute atomic E-state index is 0.0922. The highest BCUT2D eigenvalue weighted by atomic mass is 19.4. The van der Waals surface area contributed by atoms with Crippen LogP contribution in [0.15, 0.2) is 48.9 Å². The van der Waals surface area contributed by atoms with Crippen molar-refractivity contribution in [2.75, 3.05) is 0 Å². The second kappa shape index (κ2) is 7.99. The molecule has 4 aromatic rings. The van der Waals surface area contributed by atoms with Gasteiger partial charge in [0, 0.05) is 47.3 Å². The van der Waals surface area contributed by atoms with E-state index in [4.69, 9.17) is 0 Å². The molecule has 3 aromatic heterocycles. The van der Waals surface area contributed by atoms with E-state index in [1.54, 1.807) is 10.5 Å². The number of nitrogens with zero attached hydrogens (tertiary/aromatic N) is 4. The van der Waals surface area contributed by atoms with Crippen molar-refractivity contribution in [3.8, 4) is 16.9 Å². The maximum atomic E-state index is 15.0. The zero-order valence-electron chi connectivity index (χ0n) is 18.6. The third kappa shape index (κ3) is 4.21. The molecule has 3 heterocycles. The minimum atomic E-state index is -4.89. The lowest BCUT2D eigenvalue weighted by Crippen LogP contribution is -2.19. The molecule has 7 nitrogen and oxygen atoms in total. The van der Waals surface area contributed by atoms with Gasteiger partial charge in [0.2, 0.25) is 0 Å². The Bertz CT molecular complexity index is 1410. The quantitative estimate of drug-likeness (QED) is 0.407. The van der Waals surface area contributed by atoms with E-state index in [1.807, 2.05) is 0 Å². The van der Waals surface area contributed by atoms with E-state index in [0.29, 0.717) is 11.3 Å². The van der Waals surface area contributed by atoms with Gasteiger partial charge < -0.3 is 19.4 Å². The number of rotatable bonds is 4. The van der Waals surface area contributed by atoms with Crippen molar-refractivity contribution < 1.29 is 32.5 Å². The lowest BCUT2D eigenvalue weighted by Gasteiger charge is -2.19. The number of hydrogen-bond acceptors (Lipinski definition) is 6. The highest BCUT2D eigenvalue weighted by Gasteiger charge is 2.39. The van der Waals surface area contributed by atoms with Gasteiger partial charge in [0.15, 0.2) is 5.82 Å². The average Bonchev–Trinajstić information content (AvgIpc) is 3.29. The number of halogens is 4. The summed E-state index contributed by atoms with van der Waals surface area (Å²) < 4.78 is 59.8. The topological polar surface area (TPSA) is 92.8 Å². The molecule has 5 rings (SSSR count). The fraction of sp³-hybridized carbons (Fsp3) is 0.292. The predicted molar refractivity (Wildman–Crippen MR) is 116 cm³/mol. The van der Waals surface area contributed by atoms with Crippen LogP contribution in [0.4, 0.5) is 17.6 Å². The molecule has 0 saturated carbocycles. The van der Waals surface area contributed by atoms with E-state index < -0.39 is 29.8 Å². The predicted octanol–water partition coefficient (Wildman–Crippen LogP) is 4.63. The Balaban J connectivity index is 1.64. The van der Waals surface area contributed by atoms with Gasteiger partial charge in [-0.3, -0.25) is 0 Å². The molecule has 0 saturated heterocycles. The Hall–Kier alpha value is -3.57. The van der Waals surface area contributed by atoms with Crippen molar-refractivity contribution in [1.29, 1.82) is 0 Å². The van der Waals surface area contributed by atoms with Crippen LogP contribution in [-0.4, -0.2) is 35.9 Å². The van der Waals surface area contributed by atoms with E-state index >= 15 is 4.39 Å². The molecule has 182 valence electrons. The van der Waals surface area contributed by atoms with E-state index in [2.05, 4.69) is 19.7 Å². The second-order valence-corrected chi connectivity index (χ2v) is 8.89. The van der Waals surface area contributed by atoms with E-state index in [1.165, 1.54) is 56.7 Å². The summed E-state index contributed by atoms with van der Waals surface area (Å²) in [6.45, 7) is 3.05. The summed E-state index contributed by atoms with van der Waals surface area (Å²) in [5, 5.41) is 20.7. The number of imidazole rings is 1. The number of benzene rings is 1. The van der Waals surface area contributed by atoms with Crippen molar-refractivity contribution in [2.24, 2.45) is 0 Å². The average molecular weight is 488 g/mol. The highest BCUT2D eigenvalue weighted by Crippen LogP contribution is 2.47. The molecule has 2 N–H and O–H groups in total. The van der Waals surface area contributed by atoms with Crippen LogP contribution in [0, 0.1) is 5.82 Å². The lowest BCUT2D eigenvalue weighted by molar-refractivity contribution is -0.274. The Morgan fingerprint density at radius 1 is 1.11 bits per heavy atom. The SMILES string of the molecule is CC(C)(O)c1ncc(-c2cn3c4c(nc3cc2F)[C@@H](O)C[C@@H]4c2ccccc2OC(F)(F)F)cn1. The normalized spacial score (nSPS) is 18.2. The standard InChI is InChI=1S/C24H20F4N4O3/c1-23(2,34)22-29-9-12(10-30-22)15-11-32-19(8-16(15)25)31-20-17(33)7-14(21(20)32)13-5-3-4-6-18(13)35-24(26,27)28/h3-6,8-11,14,17,33-34H,7H2,1-2H3/t14-,17+/m1/s1. The van der Waals surface area contributed by atoms with Crippen LogP contribution in [0.1, 0.15) is 55.1 Å². The Labute approximate surface area is 196 Å². The number of hydrogen-bond donors (Lipinski definition) is 2. The Morgan fingerprint density at radius 3 is 2.46 bits per heavy atom. The van der Waals surface area contributed by atoms with Crippen LogP contribution in [0.3, 0.4) is 0 Å². The number of para-hydroxylation sites is 1. The summed E-state index contributed by atoms with van der Waals surface area (Å²) in [5.74, 6) is -1.51. The molecule has 0 amide bonds. The number of pyridine rings is 1. The zero-order valence-corrected chi connectivity index (χ0v) is 18.6. The highest BCUT2D eigenvalue weighted by molar-refractivity contribution is 5.65. The zero-order chi connectivity index (χ0) is 25.1. The fourth-order valence-electron chi connectivity index (χ4n) is 4.39. The summed E-state index contributed by atoms with van der Waals surface area (Å²) in [7, 11) is 0. The van der Waals surface area contributed by atoms with Gasteiger partial charge in [-0.25, -0.2) is 19.3 Å². The van der Waals surface area contributed by atoms with Gasteiger partial charge in [0.1, 0.15) is 22.8 Å². The third-order valence-corrected chi connectivity index (χ3v) is 5.91. The number of aliphatic hydroxyl groups is 2. The molecule has 2 atom stereocenters. The monoisotopic (exact) mass is 488 g/mol. The van der Waals surface area contributed by atoms with E-state index in [0.717, 1.165) is 0 Å². The molecule has 0 radical (unpaired) electrons. The molecule has 0 bridgehead atoms. The van der Waals surface area contributed by atoms with Crippen molar-refractivity contribution in [1.82, 2.24) is 19.4 Å². The van der Waals surface area contributed by atoms with Gasteiger partial charge in [-0.1, -0.05) is 18.2 Å². The summed E-state index contributed by atoms with van der Waals surface area (Å²) in [5.41, 5.74) is 0.316. The molecule has 0 spiro atoms. The maximum absolute atomic E-state index is 15.0. The summed E-state index contributed by atoms with van der Waals surface area (Å²) in [6, 6.07) is 6.90. The Morgan fingerprint density at radius 2 is 1.80 bits per heavy atom. The van der Waals surface area contributed by atoms with Crippen molar-refractivity contribution in [3.63, 3.8) is 0 Å². The first-order chi connectivity index (χ1) is 16.4. The second-order valence-electron chi connectivity index (χ2n) is 8.89. The first kappa shape index (κ1) is 23.2. The van der Waals surface area contributed by atoms with Crippen LogP contribution >= 0.6 is 0 Å². The molecule has 1 aliphatic carbocycles. The minimum Gasteiger partial charge on any atom is -0.405 e. The third-order valence-electron chi connectivity index (χ3n) is 5.91. The summed E-state index contributed by atoms with van der Waals surface area (Å²) >= 11 is 0. The van der Waals surface area contributed by atoms with Gasteiger partial charge in [0.05, 0.1) is 17.5 Å². The number of aliphatic hydroxyl groups excluding tert-OH is 1. The molecule has 1 aliphatic rings. The molecular formula is C24H20F4N4O3. The number of fused-ring (bicyclic) bond motifs is 3. The van der Waals surface area contributed by atoms with Gasteiger partial charge in [-0.2, -0.15) is 0 Å². The van der Waals surface area contributed by atoms with Crippen LogP contribution in [0.25, 0.3) is 16.8 Å². The van der Waals surface area contributed by atoms with Gasteiger partial charge in [-0.15, -0.1) is 13.2 Å². The fourth-order valence-corrected chi connectivity index (χ4v) is 4.39. The number of alkyl halides is 3. The van der Waals surface area contributed by atoms with Gasteiger partial charge >= 0.3 is 6.36 Å². The van der Waals surface area contributed by atoms with Crippen LogP contribution in [0.5, 0.6) is 5.75 Å². The van der Waals surface area contributed by atoms with Crippen molar-refractivity contribution in [3.05, 3.63) is 77.5 Å². The maximum Gasteiger partial charge on any atom is 0.573 e. The largest absolute Gasteiger partial charge is 0.573 e. The molecule has 35 heavy (non-hydrogen) atoms. The first-order valence-corrected chi connectivity index (χ1v) is 10.7. The first-order valence-electron chi connectivity index (χ1n) is 10.7. The van der Waals surface area contributed by atoms with Crippen LogP contribution in [0.2, 0.25) is 0 Å². The smallest absolute Gasteiger partial charge is 0.405 e. The van der Waals surface area contributed by atoms with Crippen molar-refractivity contribution >= 4 is 5.65 Å². The van der Waals surface area contributed by atoms with Crippen molar-refractivity contribution in [2.45, 2.75) is 44.3 Å². The van der Waals surface area contributed by atoms with Gasteiger partial charge in [-0.05, 0) is 26.3 Å².